The lowest BCUT2D eigenvalue weighted by atomic mass is 10.1. The summed E-state index contributed by atoms with van der Waals surface area (Å²) in [6, 6.07) is 9.69. The molecule has 0 amide bonds. The van der Waals surface area contributed by atoms with E-state index in [0.29, 0.717) is 18.3 Å². The predicted molar refractivity (Wildman–Crippen MR) is 93.2 cm³/mol. The molecule has 5 rings (SSSR count). The highest BCUT2D eigenvalue weighted by Gasteiger charge is 2.20. The molecule has 1 fully saturated rings. The molecule has 0 saturated carbocycles. The van der Waals surface area contributed by atoms with Crippen LogP contribution in [0.5, 0.6) is 5.75 Å². The maximum absolute atomic E-state index is 5.85. The van der Waals surface area contributed by atoms with Crippen molar-refractivity contribution in [2.45, 2.75) is 0 Å². The summed E-state index contributed by atoms with van der Waals surface area (Å²) < 4.78 is 16.6. The monoisotopic (exact) mass is 336 g/mol. The van der Waals surface area contributed by atoms with Gasteiger partial charge in [-0.25, -0.2) is 0 Å². The van der Waals surface area contributed by atoms with Crippen molar-refractivity contribution in [3.63, 3.8) is 0 Å². The molecule has 0 atom stereocenters. The van der Waals surface area contributed by atoms with Crippen LogP contribution in [-0.4, -0.2) is 35.0 Å². The van der Waals surface area contributed by atoms with Gasteiger partial charge in [0, 0.05) is 23.9 Å². The van der Waals surface area contributed by atoms with Gasteiger partial charge in [0.05, 0.1) is 30.7 Å². The van der Waals surface area contributed by atoms with Crippen LogP contribution in [0.4, 0.5) is 11.5 Å². The zero-order chi connectivity index (χ0) is 16.6. The van der Waals surface area contributed by atoms with Gasteiger partial charge in [-0.05, 0) is 24.3 Å². The van der Waals surface area contributed by atoms with Gasteiger partial charge in [0.25, 0.3) is 0 Å². The van der Waals surface area contributed by atoms with Crippen LogP contribution in [0.1, 0.15) is 0 Å². The van der Waals surface area contributed by atoms with E-state index in [9.17, 15) is 0 Å². The third kappa shape index (κ3) is 2.58. The number of hydrogen-bond donors (Lipinski definition) is 2. The van der Waals surface area contributed by atoms with Crippen molar-refractivity contribution in [2.75, 3.05) is 25.1 Å². The molecule has 0 radical (unpaired) electrons. The number of anilines is 2. The normalized spacial score (nSPS) is 14.7. The first-order valence-electron chi connectivity index (χ1n) is 8.15. The first-order valence-corrected chi connectivity index (χ1v) is 8.15. The lowest BCUT2D eigenvalue weighted by Gasteiger charge is -2.25. The highest BCUT2D eigenvalue weighted by Crippen LogP contribution is 2.32. The molecule has 2 N–H and O–H groups in total. The quantitative estimate of drug-likeness (QED) is 0.580. The minimum atomic E-state index is 0.478. The Morgan fingerprint density at radius 2 is 2.24 bits per heavy atom. The molecule has 0 unspecified atom stereocenters. The van der Waals surface area contributed by atoms with E-state index in [2.05, 4.69) is 20.5 Å². The first-order chi connectivity index (χ1) is 12.4. The van der Waals surface area contributed by atoms with Crippen LogP contribution in [0.15, 0.2) is 47.2 Å². The summed E-state index contributed by atoms with van der Waals surface area (Å²) in [7, 11) is 0. The Morgan fingerprint density at radius 3 is 3.12 bits per heavy atom. The van der Waals surface area contributed by atoms with Crippen molar-refractivity contribution >= 4 is 33.5 Å². The minimum Gasteiger partial charge on any atom is -0.489 e. The zero-order valence-electron chi connectivity index (χ0n) is 13.4. The molecule has 7 nitrogen and oxygen atoms in total. The molecule has 4 aromatic rings. The largest absolute Gasteiger partial charge is 0.489 e. The number of hydrogen-bond acceptors (Lipinski definition) is 6. The highest BCUT2D eigenvalue weighted by molar-refractivity contribution is 5.90. The molecule has 1 aliphatic rings. The molecule has 0 bridgehead atoms. The number of aromatic nitrogens is 3. The number of benzene rings is 1. The van der Waals surface area contributed by atoms with E-state index in [1.807, 2.05) is 30.3 Å². The van der Waals surface area contributed by atoms with Crippen LogP contribution < -0.4 is 10.1 Å². The summed E-state index contributed by atoms with van der Waals surface area (Å²) in [5.41, 5.74) is 3.33. The van der Waals surface area contributed by atoms with E-state index in [1.54, 1.807) is 12.5 Å². The molecule has 3 aromatic heterocycles. The van der Waals surface area contributed by atoms with Gasteiger partial charge in [-0.15, -0.1) is 0 Å². The molecule has 4 heterocycles. The van der Waals surface area contributed by atoms with Gasteiger partial charge < -0.3 is 19.2 Å². The molecule has 126 valence electrons. The van der Waals surface area contributed by atoms with E-state index >= 15 is 0 Å². The average Bonchev–Trinajstić information content (AvgIpc) is 3.18. The lowest BCUT2D eigenvalue weighted by molar-refractivity contribution is -0.0507. The van der Waals surface area contributed by atoms with Crippen LogP contribution >= 0.6 is 0 Å². The highest BCUT2D eigenvalue weighted by atomic mass is 16.5. The van der Waals surface area contributed by atoms with Gasteiger partial charge in [0.1, 0.15) is 17.4 Å². The second-order valence-corrected chi connectivity index (χ2v) is 6.12. The number of nitrogens with one attached hydrogen (secondary N) is 2. The Labute approximate surface area is 142 Å². The van der Waals surface area contributed by atoms with Crippen LogP contribution in [0.25, 0.3) is 22.0 Å². The molecule has 25 heavy (non-hydrogen) atoms. The summed E-state index contributed by atoms with van der Waals surface area (Å²) in [6.45, 7) is 2.20. The first kappa shape index (κ1) is 14.3. The molecule has 7 heteroatoms. The van der Waals surface area contributed by atoms with E-state index < -0.39 is 0 Å². The third-order valence-corrected chi connectivity index (χ3v) is 4.30. The van der Waals surface area contributed by atoms with Crippen LogP contribution in [-0.2, 0) is 4.74 Å². The Kier molecular flexibility index (Phi) is 3.31. The number of nitrogens with zero attached hydrogens (tertiary/aromatic N) is 2. The number of furan rings is 1. The van der Waals surface area contributed by atoms with E-state index in [-0.39, 0.29) is 0 Å². The Hall–Kier alpha value is -3.06. The average molecular weight is 336 g/mol. The molecule has 0 spiro atoms. The predicted octanol–water partition coefficient (Wildman–Crippen LogP) is 3.47. The summed E-state index contributed by atoms with van der Waals surface area (Å²) >= 11 is 0. The summed E-state index contributed by atoms with van der Waals surface area (Å²) in [6.07, 6.45) is 3.40. The van der Waals surface area contributed by atoms with Crippen molar-refractivity contribution in [2.24, 2.45) is 5.92 Å². The Balaban J connectivity index is 1.39. The second kappa shape index (κ2) is 5.78. The summed E-state index contributed by atoms with van der Waals surface area (Å²) in [4.78, 5) is 4.35. The molecule has 1 aromatic carbocycles. The van der Waals surface area contributed by atoms with Crippen LogP contribution in [0.3, 0.4) is 0 Å². The van der Waals surface area contributed by atoms with Crippen LogP contribution in [0.2, 0.25) is 0 Å². The van der Waals surface area contributed by atoms with Crippen molar-refractivity contribution < 1.29 is 13.9 Å². The third-order valence-electron chi connectivity index (χ3n) is 4.30. The summed E-state index contributed by atoms with van der Waals surface area (Å²) in [5, 5.41) is 11.5. The van der Waals surface area contributed by atoms with Gasteiger partial charge >= 0.3 is 0 Å². The van der Waals surface area contributed by atoms with Gasteiger partial charge in [-0.2, -0.15) is 5.10 Å². The molecule has 0 aliphatic carbocycles. The molecular formula is C18H16N4O3. The topological polar surface area (TPSA) is 85.2 Å². The number of fused-ring (bicyclic) bond motifs is 2. The van der Waals surface area contributed by atoms with E-state index in [4.69, 9.17) is 13.9 Å². The fraction of sp³-hybridized carbons (Fsp3) is 0.222. The standard InChI is InChI=1S/C18H16N4O3/c1-2-14-17(19-5-1)18(22-21-14)20-12-3-4-13-15(6-12)25-10-16(13)24-9-11-7-23-8-11/h1-6,10-11H,7-9H2,(H2,20,21,22). The SMILES string of the molecule is c1cnc2c(Nc3ccc4c(OCC5COC5)coc4c3)n[nH]c2c1. The Morgan fingerprint density at radius 1 is 1.28 bits per heavy atom. The van der Waals surface area contributed by atoms with Gasteiger partial charge in [-0.3, -0.25) is 10.1 Å². The van der Waals surface area contributed by atoms with Crippen molar-refractivity contribution in [1.29, 1.82) is 0 Å². The molecule has 1 aliphatic heterocycles. The Bertz CT molecular complexity index is 1040. The van der Waals surface area contributed by atoms with Crippen molar-refractivity contribution in [3.8, 4) is 5.75 Å². The van der Waals surface area contributed by atoms with Gasteiger partial charge in [-0.1, -0.05) is 0 Å². The second-order valence-electron chi connectivity index (χ2n) is 6.12. The van der Waals surface area contributed by atoms with Gasteiger partial charge in [0.15, 0.2) is 11.6 Å². The van der Waals surface area contributed by atoms with E-state index in [1.165, 1.54) is 0 Å². The van der Waals surface area contributed by atoms with Crippen molar-refractivity contribution in [1.82, 2.24) is 15.2 Å². The van der Waals surface area contributed by atoms with Crippen LogP contribution in [0, 0.1) is 5.92 Å². The summed E-state index contributed by atoms with van der Waals surface area (Å²) in [5.74, 6) is 1.93. The number of H-pyrrole nitrogens is 1. The maximum atomic E-state index is 5.85. The molecule has 1 saturated heterocycles. The fourth-order valence-electron chi connectivity index (χ4n) is 2.86. The number of aromatic amines is 1. The maximum Gasteiger partial charge on any atom is 0.178 e. The van der Waals surface area contributed by atoms with E-state index in [0.717, 1.165) is 46.7 Å². The lowest BCUT2D eigenvalue weighted by Crippen LogP contribution is -2.32. The smallest absolute Gasteiger partial charge is 0.178 e. The van der Waals surface area contributed by atoms with Crippen molar-refractivity contribution in [3.05, 3.63) is 42.8 Å². The zero-order valence-corrected chi connectivity index (χ0v) is 13.4. The number of pyridine rings is 1. The molecular weight excluding hydrogens is 320 g/mol. The number of ether oxygens (including phenoxy) is 2. The fourth-order valence-corrected chi connectivity index (χ4v) is 2.86. The van der Waals surface area contributed by atoms with Gasteiger partial charge in [0.2, 0.25) is 0 Å². The minimum absolute atomic E-state index is 0.478. The number of rotatable bonds is 5.